The van der Waals surface area contributed by atoms with Crippen molar-refractivity contribution in [2.75, 3.05) is 13.1 Å². The van der Waals surface area contributed by atoms with Crippen LogP contribution in [0.1, 0.15) is 37.4 Å². The standard InChI is InChI=1S/C19H24ClN5O/c1-2-17(25-10-3-9-21-25)19(26)24-11-8-16-15(12-24)18(23-22-16)13-4-6-14(20)7-5-13/h3-7,9-10,15-18,22-23H,2,8,11-12H2,1H3. The average molecular weight is 374 g/mol. The third kappa shape index (κ3) is 3.24. The van der Waals surface area contributed by atoms with Crippen molar-refractivity contribution in [1.29, 1.82) is 0 Å². The van der Waals surface area contributed by atoms with Gasteiger partial charge in [-0.2, -0.15) is 5.10 Å². The molecular formula is C19H24ClN5O. The van der Waals surface area contributed by atoms with E-state index in [1.54, 1.807) is 10.9 Å². The Morgan fingerprint density at radius 1 is 1.35 bits per heavy atom. The van der Waals surface area contributed by atoms with Gasteiger partial charge in [0.1, 0.15) is 6.04 Å². The summed E-state index contributed by atoms with van der Waals surface area (Å²) < 4.78 is 1.77. The number of hydrazine groups is 1. The lowest BCUT2D eigenvalue weighted by Crippen LogP contribution is -2.49. The summed E-state index contributed by atoms with van der Waals surface area (Å²) in [6.07, 6.45) is 5.28. The molecule has 0 spiro atoms. The lowest BCUT2D eigenvalue weighted by molar-refractivity contribution is -0.137. The first kappa shape index (κ1) is 17.5. The second kappa shape index (κ2) is 7.39. The molecule has 3 heterocycles. The van der Waals surface area contributed by atoms with Crippen LogP contribution >= 0.6 is 11.6 Å². The van der Waals surface area contributed by atoms with Crippen molar-refractivity contribution in [2.45, 2.75) is 37.9 Å². The molecule has 1 amide bonds. The average Bonchev–Trinajstić information content (AvgIpc) is 3.32. The van der Waals surface area contributed by atoms with Crippen molar-refractivity contribution in [3.8, 4) is 0 Å². The Morgan fingerprint density at radius 2 is 2.15 bits per heavy atom. The van der Waals surface area contributed by atoms with Crippen molar-refractivity contribution in [1.82, 2.24) is 25.5 Å². The molecule has 0 aliphatic carbocycles. The molecule has 1 aromatic heterocycles. The van der Waals surface area contributed by atoms with E-state index >= 15 is 0 Å². The van der Waals surface area contributed by atoms with Crippen molar-refractivity contribution in [2.24, 2.45) is 5.92 Å². The summed E-state index contributed by atoms with van der Waals surface area (Å²) in [4.78, 5) is 15.1. The SMILES string of the molecule is CCC(C(=O)N1CCC2NNC(c3ccc(Cl)cc3)C2C1)n1cccn1. The van der Waals surface area contributed by atoms with E-state index in [0.717, 1.165) is 31.0 Å². The number of fused-ring (bicyclic) bond motifs is 1. The van der Waals surface area contributed by atoms with Crippen LogP contribution in [0.3, 0.4) is 0 Å². The fraction of sp³-hybridized carbons (Fsp3) is 0.474. The maximum absolute atomic E-state index is 13.1. The summed E-state index contributed by atoms with van der Waals surface area (Å²) in [6, 6.07) is 10.2. The fourth-order valence-corrected chi connectivity index (χ4v) is 4.28. The first-order valence-electron chi connectivity index (χ1n) is 9.22. The van der Waals surface area contributed by atoms with E-state index in [4.69, 9.17) is 11.6 Å². The predicted octanol–water partition coefficient (Wildman–Crippen LogP) is 2.55. The zero-order chi connectivity index (χ0) is 18.1. The highest BCUT2D eigenvalue weighted by Gasteiger charge is 2.42. The lowest BCUT2D eigenvalue weighted by atomic mass is 9.85. The van der Waals surface area contributed by atoms with Crippen LogP contribution in [0.15, 0.2) is 42.7 Å². The van der Waals surface area contributed by atoms with Crippen molar-refractivity contribution >= 4 is 17.5 Å². The topological polar surface area (TPSA) is 62.2 Å². The van der Waals surface area contributed by atoms with E-state index in [1.807, 2.05) is 36.2 Å². The number of carbonyl (C=O) groups excluding carboxylic acids is 1. The highest BCUT2D eigenvalue weighted by molar-refractivity contribution is 6.30. The Morgan fingerprint density at radius 3 is 2.85 bits per heavy atom. The van der Waals surface area contributed by atoms with Gasteiger partial charge >= 0.3 is 0 Å². The molecule has 2 fully saturated rings. The highest BCUT2D eigenvalue weighted by atomic mass is 35.5. The number of hydrogen-bond acceptors (Lipinski definition) is 4. The number of likely N-dealkylation sites (tertiary alicyclic amines) is 1. The molecule has 138 valence electrons. The van der Waals surface area contributed by atoms with Gasteiger partial charge in [0.05, 0.1) is 6.04 Å². The number of nitrogens with one attached hydrogen (secondary N) is 2. The molecule has 0 radical (unpaired) electrons. The molecule has 7 heteroatoms. The van der Waals surface area contributed by atoms with Gasteiger partial charge in [-0.25, -0.2) is 5.43 Å². The van der Waals surface area contributed by atoms with Gasteiger partial charge in [0.25, 0.3) is 0 Å². The number of piperidine rings is 1. The van der Waals surface area contributed by atoms with Crippen LogP contribution in [0.5, 0.6) is 0 Å². The van der Waals surface area contributed by atoms with Crippen molar-refractivity contribution in [3.63, 3.8) is 0 Å². The number of halogens is 1. The third-order valence-corrected chi connectivity index (χ3v) is 5.82. The maximum atomic E-state index is 13.1. The zero-order valence-corrected chi connectivity index (χ0v) is 15.6. The minimum atomic E-state index is -0.224. The van der Waals surface area contributed by atoms with Gasteiger partial charge in [-0.3, -0.25) is 14.9 Å². The Balaban J connectivity index is 1.50. The molecule has 6 nitrogen and oxygen atoms in total. The second-order valence-corrected chi connectivity index (χ2v) is 7.51. The predicted molar refractivity (Wildman–Crippen MR) is 100 cm³/mol. The number of aromatic nitrogens is 2. The number of carbonyl (C=O) groups is 1. The van der Waals surface area contributed by atoms with E-state index in [9.17, 15) is 4.79 Å². The highest BCUT2D eigenvalue weighted by Crippen LogP contribution is 2.34. The van der Waals surface area contributed by atoms with Gasteiger partial charge in [0, 0.05) is 42.5 Å². The van der Waals surface area contributed by atoms with E-state index < -0.39 is 0 Å². The van der Waals surface area contributed by atoms with Crippen LogP contribution in [0.4, 0.5) is 0 Å². The van der Waals surface area contributed by atoms with Gasteiger partial charge in [-0.1, -0.05) is 30.7 Å². The van der Waals surface area contributed by atoms with Crippen LogP contribution in [0, 0.1) is 5.92 Å². The minimum absolute atomic E-state index is 0.163. The van der Waals surface area contributed by atoms with E-state index in [-0.39, 0.29) is 18.0 Å². The van der Waals surface area contributed by atoms with Crippen LogP contribution in [-0.4, -0.2) is 39.7 Å². The molecule has 2 aromatic rings. The monoisotopic (exact) mass is 373 g/mol. The number of amides is 1. The Labute approximate surface area is 158 Å². The van der Waals surface area contributed by atoms with Gasteiger partial charge in [-0.15, -0.1) is 0 Å². The molecule has 0 saturated carbocycles. The van der Waals surface area contributed by atoms with Crippen LogP contribution in [0.2, 0.25) is 5.02 Å². The molecular weight excluding hydrogens is 350 g/mol. The second-order valence-electron chi connectivity index (χ2n) is 7.07. The summed E-state index contributed by atoms with van der Waals surface area (Å²) in [7, 11) is 0. The van der Waals surface area contributed by atoms with Gasteiger partial charge in [0.15, 0.2) is 0 Å². The smallest absolute Gasteiger partial charge is 0.247 e. The maximum Gasteiger partial charge on any atom is 0.247 e. The molecule has 2 saturated heterocycles. The summed E-state index contributed by atoms with van der Waals surface area (Å²) >= 11 is 6.02. The third-order valence-electron chi connectivity index (χ3n) is 5.57. The summed E-state index contributed by atoms with van der Waals surface area (Å²) in [6.45, 7) is 3.56. The number of benzene rings is 1. The van der Waals surface area contributed by atoms with Crippen LogP contribution in [-0.2, 0) is 4.79 Å². The lowest BCUT2D eigenvalue weighted by Gasteiger charge is -2.37. The van der Waals surface area contributed by atoms with Crippen LogP contribution in [0.25, 0.3) is 0 Å². The van der Waals surface area contributed by atoms with E-state index in [2.05, 4.69) is 28.1 Å². The largest absolute Gasteiger partial charge is 0.340 e. The summed E-state index contributed by atoms with van der Waals surface area (Å²) in [5.41, 5.74) is 8.03. The Bertz CT molecular complexity index is 748. The molecule has 2 aliphatic rings. The van der Waals surface area contributed by atoms with Gasteiger partial charge in [0.2, 0.25) is 5.91 Å². The molecule has 4 rings (SSSR count). The molecule has 1 aromatic carbocycles. The Hall–Kier alpha value is -1.89. The molecule has 0 bridgehead atoms. The molecule has 4 atom stereocenters. The quantitative estimate of drug-likeness (QED) is 0.864. The normalized spacial score (nSPS) is 26.5. The first-order chi connectivity index (χ1) is 12.7. The zero-order valence-electron chi connectivity index (χ0n) is 14.8. The van der Waals surface area contributed by atoms with Crippen molar-refractivity contribution in [3.05, 3.63) is 53.3 Å². The van der Waals surface area contributed by atoms with Crippen LogP contribution < -0.4 is 10.9 Å². The van der Waals surface area contributed by atoms with Gasteiger partial charge < -0.3 is 4.90 Å². The summed E-state index contributed by atoms with van der Waals surface area (Å²) in [5, 5.41) is 5.01. The van der Waals surface area contributed by atoms with Gasteiger partial charge in [-0.05, 0) is 36.6 Å². The molecule has 2 aliphatic heterocycles. The van der Waals surface area contributed by atoms with E-state index in [0.29, 0.717) is 12.0 Å². The number of nitrogens with zero attached hydrogens (tertiary/aromatic N) is 3. The number of hydrogen-bond donors (Lipinski definition) is 2. The molecule has 26 heavy (non-hydrogen) atoms. The Kier molecular flexibility index (Phi) is 4.98. The number of rotatable bonds is 4. The van der Waals surface area contributed by atoms with Crippen molar-refractivity contribution < 1.29 is 4.79 Å². The first-order valence-corrected chi connectivity index (χ1v) is 9.59. The fourth-order valence-electron chi connectivity index (χ4n) is 4.15. The molecule has 4 unspecified atom stereocenters. The summed E-state index contributed by atoms with van der Waals surface area (Å²) in [5.74, 6) is 0.500. The minimum Gasteiger partial charge on any atom is -0.340 e. The van der Waals surface area contributed by atoms with E-state index in [1.165, 1.54) is 5.56 Å². The molecule has 2 N–H and O–H groups in total.